The van der Waals surface area contributed by atoms with Gasteiger partial charge in [-0.3, -0.25) is 0 Å². The second kappa shape index (κ2) is 5.56. The number of hydrogen-bond donors (Lipinski definition) is 1. The summed E-state index contributed by atoms with van der Waals surface area (Å²) in [4.78, 5) is 0. The van der Waals surface area contributed by atoms with Crippen molar-refractivity contribution in [2.75, 3.05) is 14.2 Å². The fourth-order valence-corrected chi connectivity index (χ4v) is 1.57. The number of ether oxygens (including phenoxy) is 1. The van der Waals surface area contributed by atoms with Crippen LogP contribution in [0.15, 0.2) is 36.4 Å². The summed E-state index contributed by atoms with van der Waals surface area (Å²) in [5.41, 5.74) is 2.45. The first-order valence-electron chi connectivity index (χ1n) is 5.13. The molecule has 1 N–H and O–H groups in total. The molecule has 1 atom stereocenters. The van der Waals surface area contributed by atoms with E-state index in [0.717, 1.165) is 12.2 Å². The van der Waals surface area contributed by atoms with Crippen LogP contribution in [0.2, 0.25) is 0 Å². The molecule has 82 valence electrons. The third-order valence-corrected chi connectivity index (χ3v) is 2.42. The van der Waals surface area contributed by atoms with E-state index in [-0.39, 0.29) is 0 Å². The average molecular weight is 205 g/mol. The molecule has 0 radical (unpaired) electrons. The van der Waals surface area contributed by atoms with E-state index >= 15 is 0 Å². The number of hydrogen-bond acceptors (Lipinski definition) is 2. The molecule has 15 heavy (non-hydrogen) atoms. The van der Waals surface area contributed by atoms with Crippen LogP contribution >= 0.6 is 0 Å². The van der Waals surface area contributed by atoms with Crippen molar-refractivity contribution in [1.82, 2.24) is 5.32 Å². The van der Waals surface area contributed by atoms with Gasteiger partial charge in [0.15, 0.2) is 0 Å². The first-order valence-corrected chi connectivity index (χ1v) is 5.13. The second-order valence-corrected chi connectivity index (χ2v) is 3.78. The Balaban J connectivity index is 2.78. The second-order valence-electron chi connectivity index (χ2n) is 3.78. The van der Waals surface area contributed by atoms with Crippen LogP contribution in [0.5, 0.6) is 5.75 Å². The van der Waals surface area contributed by atoms with Crippen molar-refractivity contribution in [2.24, 2.45) is 0 Å². The molecule has 0 bridgehead atoms. The van der Waals surface area contributed by atoms with Crippen molar-refractivity contribution in [1.29, 1.82) is 0 Å². The first kappa shape index (κ1) is 11.8. The van der Waals surface area contributed by atoms with E-state index in [2.05, 4.69) is 24.0 Å². The molecular formula is C13H19NO. The molecule has 1 aromatic rings. The Kier molecular flexibility index (Phi) is 4.37. The van der Waals surface area contributed by atoms with Gasteiger partial charge in [0.1, 0.15) is 5.75 Å². The van der Waals surface area contributed by atoms with Crippen molar-refractivity contribution in [3.8, 4) is 5.75 Å². The Hall–Kier alpha value is -1.28. The maximum absolute atomic E-state index is 5.13. The highest BCUT2D eigenvalue weighted by atomic mass is 16.5. The number of nitrogens with one attached hydrogen (secondary N) is 1. The van der Waals surface area contributed by atoms with E-state index in [1.807, 2.05) is 26.1 Å². The zero-order valence-electron chi connectivity index (χ0n) is 9.71. The Morgan fingerprint density at radius 2 is 2.00 bits per heavy atom. The minimum Gasteiger partial charge on any atom is -0.497 e. The van der Waals surface area contributed by atoms with Gasteiger partial charge in [0.25, 0.3) is 0 Å². The van der Waals surface area contributed by atoms with Gasteiger partial charge in [-0.2, -0.15) is 0 Å². The summed E-state index contributed by atoms with van der Waals surface area (Å²) in [6.07, 6.45) is 0.961. The molecule has 0 saturated carbocycles. The van der Waals surface area contributed by atoms with Gasteiger partial charge in [-0.05, 0) is 38.1 Å². The molecular weight excluding hydrogens is 186 g/mol. The fourth-order valence-electron chi connectivity index (χ4n) is 1.57. The van der Waals surface area contributed by atoms with E-state index in [0.29, 0.717) is 6.04 Å². The summed E-state index contributed by atoms with van der Waals surface area (Å²) in [5.74, 6) is 0.893. The quantitative estimate of drug-likeness (QED) is 0.746. The van der Waals surface area contributed by atoms with Crippen LogP contribution in [-0.2, 0) is 0 Å². The predicted molar refractivity (Wildman–Crippen MR) is 64.2 cm³/mol. The van der Waals surface area contributed by atoms with Gasteiger partial charge < -0.3 is 10.1 Å². The molecule has 2 nitrogen and oxygen atoms in total. The molecule has 0 heterocycles. The zero-order valence-corrected chi connectivity index (χ0v) is 9.71. The lowest BCUT2D eigenvalue weighted by molar-refractivity contribution is 0.414. The van der Waals surface area contributed by atoms with Crippen LogP contribution in [0.4, 0.5) is 0 Å². The van der Waals surface area contributed by atoms with E-state index < -0.39 is 0 Å². The van der Waals surface area contributed by atoms with Gasteiger partial charge in [-0.1, -0.05) is 17.7 Å². The van der Waals surface area contributed by atoms with E-state index in [4.69, 9.17) is 4.74 Å². The molecule has 0 aliphatic heterocycles. The van der Waals surface area contributed by atoms with Crippen molar-refractivity contribution in [3.63, 3.8) is 0 Å². The topological polar surface area (TPSA) is 21.3 Å². The van der Waals surface area contributed by atoms with Crippen LogP contribution in [0.3, 0.4) is 0 Å². The summed E-state index contributed by atoms with van der Waals surface area (Å²) in [6, 6.07) is 8.48. The molecule has 0 saturated heterocycles. The summed E-state index contributed by atoms with van der Waals surface area (Å²) >= 11 is 0. The van der Waals surface area contributed by atoms with E-state index in [9.17, 15) is 0 Å². The van der Waals surface area contributed by atoms with Gasteiger partial charge in [0.05, 0.1) is 7.11 Å². The molecule has 0 aliphatic carbocycles. The maximum Gasteiger partial charge on any atom is 0.118 e. The summed E-state index contributed by atoms with van der Waals surface area (Å²) in [6.45, 7) is 5.99. The van der Waals surface area contributed by atoms with Gasteiger partial charge in [0.2, 0.25) is 0 Å². The Bertz CT molecular complexity index is 316. The maximum atomic E-state index is 5.13. The minimum atomic E-state index is 0.341. The number of benzene rings is 1. The Morgan fingerprint density at radius 3 is 2.40 bits per heavy atom. The summed E-state index contributed by atoms with van der Waals surface area (Å²) in [5, 5.41) is 3.29. The molecule has 0 aromatic heterocycles. The van der Waals surface area contributed by atoms with Crippen molar-refractivity contribution in [2.45, 2.75) is 19.4 Å². The largest absolute Gasteiger partial charge is 0.497 e. The smallest absolute Gasteiger partial charge is 0.118 e. The Morgan fingerprint density at radius 1 is 1.40 bits per heavy atom. The molecule has 0 amide bonds. The highest BCUT2D eigenvalue weighted by Crippen LogP contribution is 2.22. The molecule has 0 fully saturated rings. The SMILES string of the molecule is C=C(C)CC(NC)c1ccc(OC)cc1. The fraction of sp³-hybridized carbons (Fsp3) is 0.385. The van der Waals surface area contributed by atoms with Crippen LogP contribution < -0.4 is 10.1 Å². The van der Waals surface area contributed by atoms with Gasteiger partial charge in [0, 0.05) is 6.04 Å². The van der Waals surface area contributed by atoms with E-state index in [1.165, 1.54) is 11.1 Å². The molecule has 1 aromatic carbocycles. The standard InChI is InChI=1S/C13H19NO/c1-10(2)9-13(14-3)11-5-7-12(15-4)8-6-11/h5-8,13-14H,1,9H2,2-4H3. The lowest BCUT2D eigenvalue weighted by Gasteiger charge is -2.16. The monoisotopic (exact) mass is 205 g/mol. The zero-order chi connectivity index (χ0) is 11.3. The molecule has 0 aliphatic rings. The highest BCUT2D eigenvalue weighted by molar-refractivity contribution is 5.29. The van der Waals surface area contributed by atoms with Crippen molar-refractivity contribution >= 4 is 0 Å². The molecule has 0 spiro atoms. The molecule has 1 rings (SSSR count). The summed E-state index contributed by atoms with van der Waals surface area (Å²) in [7, 11) is 3.65. The minimum absolute atomic E-state index is 0.341. The van der Waals surface area contributed by atoms with Gasteiger partial charge >= 0.3 is 0 Å². The van der Waals surface area contributed by atoms with E-state index in [1.54, 1.807) is 7.11 Å². The third kappa shape index (κ3) is 3.40. The van der Waals surface area contributed by atoms with Crippen LogP contribution in [0.25, 0.3) is 0 Å². The van der Waals surface area contributed by atoms with Gasteiger partial charge in [-0.25, -0.2) is 0 Å². The molecule has 1 unspecified atom stereocenters. The average Bonchev–Trinajstić information content (AvgIpc) is 2.26. The lowest BCUT2D eigenvalue weighted by Crippen LogP contribution is -2.16. The van der Waals surface area contributed by atoms with Crippen LogP contribution in [0, 0.1) is 0 Å². The van der Waals surface area contributed by atoms with Crippen LogP contribution in [-0.4, -0.2) is 14.2 Å². The van der Waals surface area contributed by atoms with Crippen molar-refractivity contribution < 1.29 is 4.74 Å². The number of rotatable bonds is 5. The summed E-state index contributed by atoms with van der Waals surface area (Å²) < 4.78 is 5.13. The number of methoxy groups -OCH3 is 1. The highest BCUT2D eigenvalue weighted by Gasteiger charge is 2.08. The normalized spacial score (nSPS) is 12.2. The first-order chi connectivity index (χ1) is 7.17. The van der Waals surface area contributed by atoms with Crippen molar-refractivity contribution in [3.05, 3.63) is 42.0 Å². The molecule has 2 heteroatoms. The van der Waals surface area contributed by atoms with Gasteiger partial charge in [-0.15, -0.1) is 6.58 Å². The lowest BCUT2D eigenvalue weighted by atomic mass is 10.0. The Labute approximate surface area is 92.0 Å². The third-order valence-electron chi connectivity index (χ3n) is 2.42. The predicted octanol–water partition coefficient (Wildman–Crippen LogP) is 2.92. The van der Waals surface area contributed by atoms with Crippen LogP contribution in [0.1, 0.15) is 24.9 Å².